The van der Waals surface area contributed by atoms with E-state index in [-0.39, 0.29) is 24.8 Å². The fourth-order valence-corrected chi connectivity index (χ4v) is 3.72. The van der Waals surface area contributed by atoms with Crippen molar-refractivity contribution in [1.82, 2.24) is 9.80 Å². The van der Waals surface area contributed by atoms with Crippen molar-refractivity contribution in [3.63, 3.8) is 0 Å². The van der Waals surface area contributed by atoms with Gasteiger partial charge in [0.2, 0.25) is 0 Å². The molecule has 1 heterocycles. The van der Waals surface area contributed by atoms with Crippen molar-refractivity contribution >= 4 is 30.9 Å². The van der Waals surface area contributed by atoms with Gasteiger partial charge < -0.3 is 0 Å². The maximum Gasteiger partial charge on any atom is 0.0167 e. The van der Waals surface area contributed by atoms with Crippen LogP contribution in [0, 0.1) is 5.92 Å². The van der Waals surface area contributed by atoms with Crippen molar-refractivity contribution in [2.75, 3.05) is 32.7 Å². The van der Waals surface area contributed by atoms with E-state index in [1.807, 2.05) is 0 Å². The molecule has 2 fully saturated rings. The van der Waals surface area contributed by atoms with E-state index in [0.29, 0.717) is 0 Å². The average Bonchev–Trinajstić information content (AvgIpc) is 2.96. The summed E-state index contributed by atoms with van der Waals surface area (Å²) in [6, 6.07) is 11.5. The molecule has 0 bridgehead atoms. The molecule has 0 spiro atoms. The topological polar surface area (TPSA) is 6.48 Å². The van der Waals surface area contributed by atoms with Crippen molar-refractivity contribution in [3.05, 3.63) is 42.0 Å². The summed E-state index contributed by atoms with van der Waals surface area (Å²) in [4.78, 5) is 5.31. The Morgan fingerprint density at radius 3 is 2.30 bits per heavy atom. The van der Waals surface area contributed by atoms with Crippen LogP contribution in [0.3, 0.4) is 0 Å². The maximum atomic E-state index is 2.74. The fraction of sp³-hybridized carbons (Fsp3) is 0.579. The van der Waals surface area contributed by atoms with E-state index in [4.69, 9.17) is 0 Å². The van der Waals surface area contributed by atoms with Crippen LogP contribution in [-0.4, -0.2) is 48.6 Å². The normalized spacial score (nSPS) is 26.0. The van der Waals surface area contributed by atoms with Crippen LogP contribution in [0.1, 0.15) is 31.7 Å². The Morgan fingerprint density at radius 1 is 1.00 bits per heavy atom. The minimum Gasteiger partial charge on any atom is -0.298 e. The molecular weight excluding hydrogens is 327 g/mol. The van der Waals surface area contributed by atoms with Crippen LogP contribution in [-0.2, 0) is 0 Å². The van der Waals surface area contributed by atoms with Crippen LogP contribution in [0.4, 0.5) is 0 Å². The van der Waals surface area contributed by atoms with Crippen LogP contribution in [0.15, 0.2) is 36.4 Å². The summed E-state index contributed by atoms with van der Waals surface area (Å²) in [6.07, 6.45) is 8.83. The molecule has 4 heteroatoms. The number of hydrogen-bond donors (Lipinski definition) is 0. The van der Waals surface area contributed by atoms with Crippen LogP contribution in [0.5, 0.6) is 0 Å². The molecule has 1 aliphatic heterocycles. The third kappa shape index (κ3) is 6.11. The number of nitrogens with zero attached hydrogens (tertiary/aromatic N) is 2. The predicted molar refractivity (Wildman–Crippen MR) is 105 cm³/mol. The first-order valence-electron chi connectivity index (χ1n) is 8.49. The first kappa shape index (κ1) is 20.5. The standard InChI is InChI=1S/C19H28N2.2ClH/c1-17-9-10-19(16-17)21-14-12-20(13-15-21)11-5-8-18-6-3-2-4-7-18;;/h2-8,17,19H,9-16H2,1H3;2*1H. The lowest BCUT2D eigenvalue weighted by Gasteiger charge is -2.37. The highest BCUT2D eigenvalue weighted by molar-refractivity contribution is 5.85. The van der Waals surface area contributed by atoms with Gasteiger partial charge in [-0.3, -0.25) is 9.80 Å². The summed E-state index contributed by atoms with van der Waals surface area (Å²) in [5.74, 6) is 0.946. The Morgan fingerprint density at radius 2 is 1.70 bits per heavy atom. The molecule has 2 atom stereocenters. The van der Waals surface area contributed by atoms with Gasteiger partial charge in [-0.15, -0.1) is 24.8 Å². The van der Waals surface area contributed by atoms with Gasteiger partial charge in [-0.05, 0) is 30.7 Å². The lowest BCUT2D eigenvalue weighted by Crippen LogP contribution is -2.49. The number of rotatable bonds is 4. The Balaban J connectivity index is 0.00000132. The van der Waals surface area contributed by atoms with Crippen LogP contribution < -0.4 is 0 Å². The molecule has 2 aliphatic rings. The van der Waals surface area contributed by atoms with Gasteiger partial charge in [0, 0.05) is 38.8 Å². The summed E-state index contributed by atoms with van der Waals surface area (Å²) >= 11 is 0. The monoisotopic (exact) mass is 356 g/mol. The highest BCUT2D eigenvalue weighted by Gasteiger charge is 2.28. The third-order valence-electron chi connectivity index (χ3n) is 5.06. The number of piperazine rings is 1. The molecule has 1 aromatic carbocycles. The summed E-state index contributed by atoms with van der Waals surface area (Å²) in [6.45, 7) is 8.47. The molecule has 23 heavy (non-hydrogen) atoms. The molecule has 0 aromatic heterocycles. The van der Waals surface area contributed by atoms with Crippen molar-refractivity contribution in [2.45, 2.75) is 32.2 Å². The Kier molecular flexibility index (Phi) is 9.23. The molecule has 0 amide bonds. The first-order chi connectivity index (χ1) is 10.3. The van der Waals surface area contributed by atoms with E-state index in [1.54, 1.807) is 0 Å². The molecule has 1 saturated carbocycles. The smallest absolute Gasteiger partial charge is 0.0167 e. The fourth-order valence-electron chi connectivity index (χ4n) is 3.72. The Labute approximate surface area is 153 Å². The average molecular weight is 357 g/mol. The molecule has 2 unspecified atom stereocenters. The summed E-state index contributed by atoms with van der Waals surface area (Å²) in [7, 11) is 0. The first-order valence-corrected chi connectivity index (χ1v) is 8.49. The van der Waals surface area contributed by atoms with E-state index in [1.165, 1.54) is 51.0 Å². The quantitative estimate of drug-likeness (QED) is 0.791. The van der Waals surface area contributed by atoms with E-state index in [0.717, 1.165) is 18.5 Å². The van der Waals surface area contributed by atoms with Gasteiger partial charge >= 0.3 is 0 Å². The molecule has 1 saturated heterocycles. The molecule has 0 radical (unpaired) electrons. The van der Waals surface area contributed by atoms with Gasteiger partial charge in [0.1, 0.15) is 0 Å². The molecule has 2 nitrogen and oxygen atoms in total. The number of halogens is 2. The lowest BCUT2D eigenvalue weighted by molar-refractivity contribution is 0.104. The minimum absolute atomic E-state index is 0. The van der Waals surface area contributed by atoms with Crippen LogP contribution in [0.2, 0.25) is 0 Å². The summed E-state index contributed by atoms with van der Waals surface area (Å²) in [5, 5.41) is 0. The molecule has 130 valence electrons. The predicted octanol–water partition coefficient (Wildman–Crippen LogP) is 4.35. The summed E-state index contributed by atoms with van der Waals surface area (Å²) < 4.78 is 0. The van der Waals surface area contributed by atoms with E-state index in [2.05, 4.69) is 59.2 Å². The zero-order chi connectivity index (χ0) is 14.5. The van der Waals surface area contributed by atoms with Crippen molar-refractivity contribution < 1.29 is 0 Å². The molecular formula is C19H30Cl2N2. The lowest BCUT2D eigenvalue weighted by atomic mass is 10.1. The van der Waals surface area contributed by atoms with Crippen LogP contribution in [0.25, 0.3) is 6.08 Å². The van der Waals surface area contributed by atoms with Gasteiger partial charge in [0.05, 0.1) is 0 Å². The maximum absolute atomic E-state index is 2.74. The zero-order valence-corrected chi connectivity index (χ0v) is 15.7. The molecule has 1 aliphatic carbocycles. The number of hydrogen-bond acceptors (Lipinski definition) is 2. The van der Waals surface area contributed by atoms with Gasteiger partial charge in [0.25, 0.3) is 0 Å². The van der Waals surface area contributed by atoms with E-state index >= 15 is 0 Å². The number of benzene rings is 1. The SMILES string of the molecule is CC1CCC(N2CCN(CC=Cc3ccccc3)CC2)C1.Cl.Cl. The van der Waals surface area contributed by atoms with Gasteiger partial charge in [-0.2, -0.15) is 0 Å². The second kappa shape index (κ2) is 10.4. The van der Waals surface area contributed by atoms with Gasteiger partial charge in [0.15, 0.2) is 0 Å². The second-order valence-electron chi connectivity index (χ2n) is 6.72. The Hall–Kier alpha value is -0.540. The van der Waals surface area contributed by atoms with Gasteiger partial charge in [-0.25, -0.2) is 0 Å². The highest BCUT2D eigenvalue weighted by Crippen LogP contribution is 2.29. The highest BCUT2D eigenvalue weighted by atomic mass is 35.5. The van der Waals surface area contributed by atoms with Crippen molar-refractivity contribution in [1.29, 1.82) is 0 Å². The van der Waals surface area contributed by atoms with Crippen molar-refractivity contribution in [2.24, 2.45) is 5.92 Å². The molecule has 0 N–H and O–H groups in total. The Bertz CT molecular complexity index is 456. The molecule has 3 rings (SSSR count). The largest absolute Gasteiger partial charge is 0.298 e. The van der Waals surface area contributed by atoms with Gasteiger partial charge in [-0.1, -0.05) is 49.4 Å². The van der Waals surface area contributed by atoms with E-state index in [9.17, 15) is 0 Å². The second-order valence-corrected chi connectivity index (χ2v) is 6.72. The van der Waals surface area contributed by atoms with E-state index < -0.39 is 0 Å². The zero-order valence-electron chi connectivity index (χ0n) is 14.1. The molecule has 1 aromatic rings. The third-order valence-corrected chi connectivity index (χ3v) is 5.06. The van der Waals surface area contributed by atoms with Crippen LogP contribution >= 0.6 is 24.8 Å². The minimum atomic E-state index is 0. The summed E-state index contributed by atoms with van der Waals surface area (Å²) in [5.41, 5.74) is 1.30. The van der Waals surface area contributed by atoms with Crippen molar-refractivity contribution in [3.8, 4) is 0 Å².